The quantitative estimate of drug-likeness (QED) is 0.767. The van der Waals surface area contributed by atoms with Crippen molar-refractivity contribution in [2.75, 3.05) is 4.90 Å². The number of ketones is 1. The van der Waals surface area contributed by atoms with Gasteiger partial charge in [0.15, 0.2) is 5.78 Å². The van der Waals surface area contributed by atoms with E-state index in [1.54, 1.807) is 24.3 Å². The Kier molecular flexibility index (Phi) is 2.83. The third kappa shape index (κ3) is 1.72. The average molecular weight is 293 g/mol. The van der Waals surface area contributed by atoms with E-state index in [1.807, 2.05) is 0 Å². The van der Waals surface area contributed by atoms with E-state index in [2.05, 4.69) is 5.16 Å². The summed E-state index contributed by atoms with van der Waals surface area (Å²) in [6.07, 6.45) is -1.04. The number of halogens is 1. The van der Waals surface area contributed by atoms with Crippen LogP contribution in [0, 0.1) is 5.92 Å². The summed E-state index contributed by atoms with van der Waals surface area (Å²) in [5.41, 5.74) is 0.384. The van der Waals surface area contributed by atoms with E-state index < -0.39 is 23.8 Å². The van der Waals surface area contributed by atoms with Crippen LogP contribution < -0.4 is 4.90 Å². The van der Waals surface area contributed by atoms with E-state index in [4.69, 9.17) is 16.4 Å². The maximum absolute atomic E-state index is 12.4. The molecule has 2 aliphatic rings. The summed E-state index contributed by atoms with van der Waals surface area (Å²) < 4.78 is 0. The zero-order valence-electron chi connectivity index (χ0n) is 10.4. The van der Waals surface area contributed by atoms with Gasteiger partial charge in [0.25, 0.3) is 5.91 Å². The predicted molar refractivity (Wildman–Crippen MR) is 70.4 cm³/mol. The number of rotatable bonds is 2. The Morgan fingerprint density at radius 3 is 2.50 bits per heavy atom. The third-order valence-electron chi connectivity index (χ3n) is 3.26. The fourth-order valence-electron chi connectivity index (χ4n) is 2.31. The summed E-state index contributed by atoms with van der Waals surface area (Å²) in [4.78, 5) is 41.9. The van der Waals surface area contributed by atoms with E-state index in [9.17, 15) is 14.4 Å². The summed E-state index contributed by atoms with van der Waals surface area (Å²) in [5, 5.41) is 4.04. The zero-order valence-corrected chi connectivity index (χ0v) is 11.1. The van der Waals surface area contributed by atoms with Crippen LogP contribution in [0.1, 0.15) is 6.92 Å². The molecule has 0 bridgehead atoms. The number of fused-ring (bicyclic) bond motifs is 1. The third-order valence-corrected chi connectivity index (χ3v) is 3.51. The molecular formula is C13H9ClN2O4. The van der Waals surface area contributed by atoms with Gasteiger partial charge in [-0.1, -0.05) is 16.8 Å². The van der Waals surface area contributed by atoms with Crippen LogP contribution in [0.2, 0.25) is 5.02 Å². The Hall–Kier alpha value is -2.21. The molecule has 1 saturated heterocycles. The Morgan fingerprint density at radius 1 is 1.25 bits per heavy atom. The molecule has 1 aromatic rings. The van der Waals surface area contributed by atoms with Crippen molar-refractivity contribution < 1.29 is 19.2 Å². The molecule has 0 unspecified atom stereocenters. The van der Waals surface area contributed by atoms with Crippen molar-refractivity contribution in [3.05, 3.63) is 29.3 Å². The molecule has 0 radical (unpaired) electrons. The SMILES string of the molecule is CC(=O)C1=NO[C@@H]2C(=O)N(c3ccc(Cl)cc3)C(=O)[C@@H]12. The second kappa shape index (κ2) is 4.42. The lowest BCUT2D eigenvalue weighted by Crippen LogP contribution is -2.33. The number of amides is 2. The van der Waals surface area contributed by atoms with E-state index in [0.717, 1.165) is 4.90 Å². The summed E-state index contributed by atoms with van der Waals surface area (Å²) in [7, 11) is 0. The first-order valence-electron chi connectivity index (χ1n) is 5.88. The lowest BCUT2D eigenvalue weighted by atomic mass is 9.97. The normalized spacial score (nSPS) is 24.5. The number of Topliss-reactive ketones (excluding diaryl/α,β-unsaturated/α-hetero) is 1. The van der Waals surface area contributed by atoms with Gasteiger partial charge >= 0.3 is 0 Å². The predicted octanol–water partition coefficient (Wildman–Crippen LogP) is 1.17. The lowest BCUT2D eigenvalue weighted by Gasteiger charge is -2.14. The van der Waals surface area contributed by atoms with Gasteiger partial charge in [-0.2, -0.15) is 0 Å². The first-order chi connectivity index (χ1) is 9.50. The Morgan fingerprint density at radius 2 is 1.90 bits per heavy atom. The van der Waals surface area contributed by atoms with E-state index in [-0.39, 0.29) is 11.5 Å². The molecule has 0 aromatic heterocycles. The number of benzene rings is 1. The summed E-state index contributed by atoms with van der Waals surface area (Å²) in [6, 6.07) is 6.27. The minimum atomic E-state index is -1.04. The van der Waals surface area contributed by atoms with Crippen molar-refractivity contribution in [3.8, 4) is 0 Å². The lowest BCUT2D eigenvalue weighted by molar-refractivity contribution is -0.126. The van der Waals surface area contributed by atoms with Gasteiger partial charge in [-0.25, -0.2) is 4.90 Å². The van der Waals surface area contributed by atoms with Crippen molar-refractivity contribution in [2.24, 2.45) is 11.1 Å². The second-order valence-electron chi connectivity index (χ2n) is 4.52. The molecule has 0 N–H and O–H groups in total. The van der Waals surface area contributed by atoms with Gasteiger partial charge < -0.3 is 4.84 Å². The number of imide groups is 1. The standard InChI is InChI=1S/C13H9ClN2O4/c1-6(17)10-9-11(20-15-10)13(19)16(12(9)18)8-4-2-7(14)3-5-8/h2-5,9,11H,1H3/t9-,11-/m0/s1. The highest BCUT2D eigenvalue weighted by Crippen LogP contribution is 2.33. The number of carbonyl (C=O) groups is 3. The van der Waals surface area contributed by atoms with E-state index >= 15 is 0 Å². The highest BCUT2D eigenvalue weighted by atomic mass is 35.5. The van der Waals surface area contributed by atoms with Crippen LogP contribution in [0.3, 0.4) is 0 Å². The van der Waals surface area contributed by atoms with Crippen LogP contribution in [0.25, 0.3) is 0 Å². The van der Waals surface area contributed by atoms with Crippen LogP contribution >= 0.6 is 11.6 Å². The molecular weight excluding hydrogens is 284 g/mol. The molecule has 2 aliphatic heterocycles. The molecule has 1 aromatic carbocycles. The van der Waals surface area contributed by atoms with E-state index in [1.165, 1.54) is 6.92 Å². The Bertz CT molecular complexity index is 653. The molecule has 0 aliphatic carbocycles. The highest BCUT2D eigenvalue weighted by molar-refractivity contribution is 6.47. The van der Waals surface area contributed by atoms with Crippen LogP contribution in [-0.4, -0.2) is 29.4 Å². The zero-order chi connectivity index (χ0) is 14.4. The molecule has 2 amide bonds. The Labute approximate surface area is 118 Å². The summed E-state index contributed by atoms with van der Waals surface area (Å²) in [5.74, 6) is -2.36. The number of oxime groups is 1. The highest BCUT2D eigenvalue weighted by Gasteiger charge is 2.56. The van der Waals surface area contributed by atoms with Crippen molar-refractivity contribution in [1.29, 1.82) is 0 Å². The number of hydrogen-bond acceptors (Lipinski definition) is 5. The second-order valence-corrected chi connectivity index (χ2v) is 4.96. The fourth-order valence-corrected chi connectivity index (χ4v) is 2.44. The van der Waals surface area contributed by atoms with Crippen LogP contribution in [0.15, 0.2) is 29.4 Å². The van der Waals surface area contributed by atoms with Gasteiger partial charge in [0.2, 0.25) is 12.0 Å². The van der Waals surface area contributed by atoms with Crippen LogP contribution in [-0.2, 0) is 19.2 Å². The molecule has 7 heteroatoms. The maximum Gasteiger partial charge on any atom is 0.278 e. The fraction of sp³-hybridized carbons (Fsp3) is 0.231. The molecule has 20 heavy (non-hydrogen) atoms. The molecule has 102 valence electrons. The first-order valence-corrected chi connectivity index (χ1v) is 6.26. The molecule has 1 fully saturated rings. The Balaban J connectivity index is 1.98. The van der Waals surface area contributed by atoms with Gasteiger partial charge in [0.05, 0.1) is 5.69 Å². The summed E-state index contributed by atoms with van der Waals surface area (Å²) in [6.45, 7) is 1.28. The molecule has 0 spiro atoms. The topological polar surface area (TPSA) is 76.0 Å². The van der Waals surface area contributed by atoms with Gasteiger partial charge in [0.1, 0.15) is 11.6 Å². The van der Waals surface area contributed by atoms with Gasteiger partial charge in [0, 0.05) is 11.9 Å². The van der Waals surface area contributed by atoms with Crippen molar-refractivity contribution in [1.82, 2.24) is 0 Å². The largest absolute Gasteiger partial charge is 0.381 e. The molecule has 3 rings (SSSR count). The minimum Gasteiger partial charge on any atom is -0.381 e. The minimum absolute atomic E-state index is 0.00943. The van der Waals surface area contributed by atoms with Crippen LogP contribution in [0.5, 0.6) is 0 Å². The van der Waals surface area contributed by atoms with Gasteiger partial charge in [-0.15, -0.1) is 0 Å². The van der Waals surface area contributed by atoms with Crippen molar-refractivity contribution >= 4 is 40.6 Å². The average Bonchev–Trinajstić information content (AvgIpc) is 2.94. The molecule has 0 saturated carbocycles. The van der Waals surface area contributed by atoms with Crippen LogP contribution in [0.4, 0.5) is 5.69 Å². The maximum atomic E-state index is 12.4. The van der Waals surface area contributed by atoms with E-state index in [0.29, 0.717) is 10.7 Å². The molecule has 6 nitrogen and oxygen atoms in total. The number of nitrogens with zero attached hydrogens (tertiary/aromatic N) is 2. The first kappa shape index (κ1) is 12.8. The smallest absolute Gasteiger partial charge is 0.278 e. The summed E-state index contributed by atoms with van der Waals surface area (Å²) >= 11 is 5.77. The van der Waals surface area contributed by atoms with Crippen molar-refractivity contribution in [2.45, 2.75) is 13.0 Å². The number of anilines is 1. The molecule has 2 atom stereocenters. The monoisotopic (exact) mass is 292 g/mol. The van der Waals surface area contributed by atoms with Gasteiger partial charge in [-0.3, -0.25) is 14.4 Å². The molecule has 2 heterocycles. The number of hydrogen-bond donors (Lipinski definition) is 0. The van der Waals surface area contributed by atoms with Gasteiger partial charge in [-0.05, 0) is 24.3 Å². The van der Waals surface area contributed by atoms with Crippen molar-refractivity contribution in [3.63, 3.8) is 0 Å². The number of carbonyl (C=O) groups excluding carboxylic acids is 3.